The van der Waals surface area contributed by atoms with Crippen LogP contribution in [0.15, 0.2) is 34.9 Å². The Bertz CT molecular complexity index is 654. The highest BCUT2D eigenvalue weighted by Gasteiger charge is 2.28. The molecule has 5 nitrogen and oxygen atoms in total. The highest BCUT2D eigenvalue weighted by atomic mass is 19.1. The number of piperazine rings is 1. The first kappa shape index (κ1) is 14.7. The quantitative estimate of drug-likeness (QED) is 0.940. The number of hydrogen-bond donors (Lipinski definition) is 1. The van der Waals surface area contributed by atoms with Gasteiger partial charge in [-0.15, -0.1) is 0 Å². The number of rotatable bonds is 4. The van der Waals surface area contributed by atoms with Gasteiger partial charge in [0.1, 0.15) is 5.82 Å². The lowest BCUT2D eigenvalue weighted by Gasteiger charge is -2.33. The molecule has 0 saturated carbocycles. The van der Waals surface area contributed by atoms with Crippen LogP contribution >= 0.6 is 0 Å². The summed E-state index contributed by atoms with van der Waals surface area (Å²) in [5.41, 5.74) is 0.781. The second-order valence-corrected chi connectivity index (χ2v) is 5.31. The molecule has 6 heteroatoms. The number of halogens is 1. The monoisotopic (exact) mass is 303 g/mol. The third-order valence-corrected chi connectivity index (χ3v) is 3.85. The zero-order chi connectivity index (χ0) is 15.5. The number of aromatic nitrogens is 1. The standard InChI is InChI=1S/C16H18FN3O2/c1-2-13-16(21)18-7-8-20(13)10-15-19-9-14(22-15)11-3-5-12(17)6-4-11/h3-6,9,13H,2,7-8,10H2,1H3,(H,18,21). The summed E-state index contributed by atoms with van der Waals surface area (Å²) < 4.78 is 18.7. The van der Waals surface area contributed by atoms with Crippen molar-refractivity contribution in [2.45, 2.75) is 25.9 Å². The first-order valence-corrected chi connectivity index (χ1v) is 7.39. The minimum absolute atomic E-state index is 0.0547. The molecule has 1 aliphatic rings. The minimum Gasteiger partial charge on any atom is -0.439 e. The molecule has 22 heavy (non-hydrogen) atoms. The normalized spacial score (nSPS) is 19.2. The van der Waals surface area contributed by atoms with Crippen molar-refractivity contribution in [2.75, 3.05) is 13.1 Å². The minimum atomic E-state index is -0.284. The van der Waals surface area contributed by atoms with Crippen LogP contribution in [-0.4, -0.2) is 34.9 Å². The Hall–Kier alpha value is -2.21. The number of amides is 1. The lowest BCUT2D eigenvalue weighted by atomic mass is 10.1. The average Bonchev–Trinajstić information content (AvgIpc) is 2.97. The van der Waals surface area contributed by atoms with Crippen molar-refractivity contribution in [3.8, 4) is 11.3 Å². The zero-order valence-corrected chi connectivity index (χ0v) is 12.4. The average molecular weight is 303 g/mol. The van der Waals surface area contributed by atoms with Gasteiger partial charge >= 0.3 is 0 Å². The third-order valence-electron chi connectivity index (χ3n) is 3.85. The summed E-state index contributed by atoms with van der Waals surface area (Å²) in [6.07, 6.45) is 2.38. The van der Waals surface area contributed by atoms with E-state index in [1.165, 1.54) is 12.1 Å². The number of benzene rings is 1. The second kappa shape index (κ2) is 6.27. The van der Waals surface area contributed by atoms with E-state index in [2.05, 4.69) is 15.2 Å². The van der Waals surface area contributed by atoms with E-state index >= 15 is 0 Å². The van der Waals surface area contributed by atoms with Crippen LogP contribution in [-0.2, 0) is 11.3 Å². The second-order valence-electron chi connectivity index (χ2n) is 5.31. The summed E-state index contributed by atoms with van der Waals surface area (Å²) in [7, 11) is 0. The molecule has 2 aromatic rings. The topological polar surface area (TPSA) is 58.4 Å². The maximum Gasteiger partial charge on any atom is 0.237 e. The molecule has 1 amide bonds. The number of carbonyl (C=O) groups is 1. The largest absolute Gasteiger partial charge is 0.439 e. The van der Waals surface area contributed by atoms with Gasteiger partial charge in [0.2, 0.25) is 11.8 Å². The van der Waals surface area contributed by atoms with Crippen LogP contribution in [0.5, 0.6) is 0 Å². The summed E-state index contributed by atoms with van der Waals surface area (Å²) in [6, 6.07) is 5.94. The molecule has 1 N–H and O–H groups in total. The van der Waals surface area contributed by atoms with Crippen LogP contribution in [0.3, 0.4) is 0 Å². The molecule has 1 fully saturated rings. The Morgan fingerprint density at radius 2 is 2.18 bits per heavy atom. The Morgan fingerprint density at radius 1 is 1.41 bits per heavy atom. The van der Waals surface area contributed by atoms with Crippen LogP contribution in [0.25, 0.3) is 11.3 Å². The summed E-state index contributed by atoms with van der Waals surface area (Å²) >= 11 is 0. The maximum atomic E-state index is 12.9. The van der Waals surface area contributed by atoms with Gasteiger partial charge in [-0.3, -0.25) is 9.69 Å². The number of nitrogens with one attached hydrogen (secondary N) is 1. The predicted molar refractivity (Wildman–Crippen MR) is 79.4 cm³/mol. The van der Waals surface area contributed by atoms with Gasteiger partial charge in [-0.2, -0.15) is 0 Å². The van der Waals surface area contributed by atoms with Gasteiger partial charge in [-0.05, 0) is 30.7 Å². The van der Waals surface area contributed by atoms with Crippen LogP contribution in [0.1, 0.15) is 19.2 Å². The number of nitrogens with zero attached hydrogens (tertiary/aromatic N) is 2. The van der Waals surface area contributed by atoms with Crippen molar-refractivity contribution in [1.82, 2.24) is 15.2 Å². The molecule has 0 bridgehead atoms. The van der Waals surface area contributed by atoms with E-state index < -0.39 is 0 Å². The smallest absolute Gasteiger partial charge is 0.237 e. The molecule has 2 heterocycles. The van der Waals surface area contributed by atoms with Crippen molar-refractivity contribution >= 4 is 5.91 Å². The van der Waals surface area contributed by atoms with Gasteiger partial charge in [-0.1, -0.05) is 6.92 Å². The number of hydrogen-bond acceptors (Lipinski definition) is 4. The Balaban J connectivity index is 1.73. The Morgan fingerprint density at radius 3 is 2.91 bits per heavy atom. The molecule has 0 radical (unpaired) electrons. The lowest BCUT2D eigenvalue weighted by molar-refractivity contribution is -0.129. The van der Waals surface area contributed by atoms with Crippen LogP contribution < -0.4 is 5.32 Å². The summed E-state index contributed by atoms with van der Waals surface area (Å²) in [4.78, 5) is 18.2. The molecule has 1 aromatic carbocycles. The maximum absolute atomic E-state index is 12.9. The van der Waals surface area contributed by atoms with Gasteiger partial charge in [0.05, 0.1) is 18.8 Å². The summed E-state index contributed by atoms with van der Waals surface area (Å²) in [5, 5.41) is 2.87. The summed E-state index contributed by atoms with van der Waals surface area (Å²) in [6.45, 7) is 3.90. The number of oxazole rings is 1. The molecule has 116 valence electrons. The van der Waals surface area contributed by atoms with Crippen LogP contribution in [0.4, 0.5) is 4.39 Å². The zero-order valence-electron chi connectivity index (χ0n) is 12.4. The SMILES string of the molecule is CCC1C(=O)NCCN1Cc1ncc(-c2ccc(F)cc2)o1. The summed E-state index contributed by atoms with van der Waals surface area (Å²) in [5.74, 6) is 0.935. The molecular formula is C16H18FN3O2. The van der Waals surface area contributed by atoms with E-state index in [1.807, 2.05) is 6.92 Å². The molecule has 1 aromatic heterocycles. The Labute approximate surface area is 128 Å². The van der Waals surface area contributed by atoms with Crippen molar-refractivity contribution < 1.29 is 13.6 Å². The lowest BCUT2D eigenvalue weighted by Crippen LogP contribution is -2.54. The van der Waals surface area contributed by atoms with Crippen molar-refractivity contribution in [3.05, 3.63) is 42.2 Å². The molecule has 1 unspecified atom stereocenters. The van der Waals surface area contributed by atoms with Gasteiger partial charge in [0.25, 0.3) is 0 Å². The van der Waals surface area contributed by atoms with Crippen molar-refractivity contribution in [1.29, 1.82) is 0 Å². The predicted octanol–water partition coefficient (Wildman–Crippen LogP) is 2.19. The van der Waals surface area contributed by atoms with Crippen LogP contribution in [0, 0.1) is 5.82 Å². The van der Waals surface area contributed by atoms with E-state index in [0.29, 0.717) is 24.7 Å². The molecular weight excluding hydrogens is 285 g/mol. The fourth-order valence-corrected chi connectivity index (χ4v) is 2.70. The molecule has 1 saturated heterocycles. The van der Waals surface area contributed by atoms with Crippen molar-refractivity contribution in [3.63, 3.8) is 0 Å². The van der Waals surface area contributed by atoms with Gasteiger partial charge < -0.3 is 9.73 Å². The molecule has 1 atom stereocenters. The number of carbonyl (C=O) groups excluding carboxylic acids is 1. The highest BCUT2D eigenvalue weighted by Crippen LogP contribution is 2.22. The Kier molecular flexibility index (Phi) is 4.20. The van der Waals surface area contributed by atoms with Gasteiger partial charge in [0, 0.05) is 18.7 Å². The van der Waals surface area contributed by atoms with E-state index in [-0.39, 0.29) is 17.8 Å². The molecule has 0 spiro atoms. The fraction of sp³-hybridized carbons (Fsp3) is 0.375. The molecule has 1 aliphatic heterocycles. The van der Waals surface area contributed by atoms with Gasteiger partial charge in [-0.25, -0.2) is 9.37 Å². The van der Waals surface area contributed by atoms with E-state index in [4.69, 9.17) is 4.42 Å². The fourth-order valence-electron chi connectivity index (χ4n) is 2.70. The van der Waals surface area contributed by atoms with Crippen molar-refractivity contribution in [2.24, 2.45) is 0 Å². The van der Waals surface area contributed by atoms with E-state index in [0.717, 1.165) is 18.5 Å². The van der Waals surface area contributed by atoms with Crippen LogP contribution in [0.2, 0.25) is 0 Å². The van der Waals surface area contributed by atoms with E-state index in [1.54, 1.807) is 18.3 Å². The van der Waals surface area contributed by atoms with E-state index in [9.17, 15) is 9.18 Å². The third kappa shape index (κ3) is 3.01. The van der Waals surface area contributed by atoms with Gasteiger partial charge in [0.15, 0.2) is 5.76 Å². The highest BCUT2D eigenvalue weighted by molar-refractivity contribution is 5.82. The first-order valence-electron chi connectivity index (χ1n) is 7.39. The molecule has 3 rings (SSSR count). The molecule has 0 aliphatic carbocycles. The first-order chi connectivity index (χ1) is 10.7.